The van der Waals surface area contributed by atoms with Gasteiger partial charge in [-0.15, -0.1) is 0 Å². The van der Waals surface area contributed by atoms with E-state index in [2.05, 4.69) is 20.3 Å². The Balaban J connectivity index is 1.88. The highest BCUT2D eigenvalue weighted by molar-refractivity contribution is 7.89. The van der Waals surface area contributed by atoms with Gasteiger partial charge in [0, 0.05) is 23.7 Å². The summed E-state index contributed by atoms with van der Waals surface area (Å²) in [4.78, 5) is 42.0. The number of amides is 3. The molecule has 0 unspecified atom stereocenters. The molecule has 0 fully saturated rings. The highest BCUT2D eigenvalue weighted by Gasteiger charge is 2.32. The van der Waals surface area contributed by atoms with Crippen LogP contribution in [0, 0.1) is 0 Å². The number of carbonyl (C=O) groups excluding carboxylic acids is 3. The Hall–Kier alpha value is -4.13. The molecule has 1 aromatic heterocycles. The van der Waals surface area contributed by atoms with E-state index in [1.807, 2.05) is 51.1 Å². The molecule has 3 amide bonds. The molecule has 0 saturated heterocycles. The largest absolute Gasteiger partial charge is 0.391 e. The summed E-state index contributed by atoms with van der Waals surface area (Å²) in [6.45, 7) is 5.58. The first kappa shape index (κ1) is 32.4. The summed E-state index contributed by atoms with van der Waals surface area (Å²) in [6, 6.07) is 17.7. The van der Waals surface area contributed by atoms with Crippen molar-refractivity contribution in [3.05, 3.63) is 95.7 Å². The summed E-state index contributed by atoms with van der Waals surface area (Å²) in [7, 11) is -4.28. The fraction of sp³-hybridized carbons (Fsp3) is 0.333. The standard InChI is InChI=1S/C30H37N5O6S/c1-30(2,3)34-28(38)22-14-8-7-13-21(22)18-25(36)23(17-20-11-5-4-6-12-20)33-29(39)24(19-26(31)37)35-42(40,41)27-15-9-10-16-32-27/h4-16,23-25,35-36H,17-19H2,1-3H3,(H2,31,37)(H,33,39)(H,34,38)/t23-,24-,25+/m0/s1. The van der Waals surface area contributed by atoms with E-state index in [1.54, 1.807) is 24.3 Å². The number of aliphatic hydroxyl groups excluding tert-OH is 1. The van der Waals surface area contributed by atoms with Gasteiger partial charge < -0.3 is 21.5 Å². The Bertz CT molecular complexity index is 1480. The summed E-state index contributed by atoms with van der Waals surface area (Å²) >= 11 is 0. The molecular weight excluding hydrogens is 558 g/mol. The van der Waals surface area contributed by atoms with Crippen molar-refractivity contribution >= 4 is 27.7 Å². The molecule has 3 atom stereocenters. The summed E-state index contributed by atoms with van der Waals surface area (Å²) in [5.41, 5.74) is 6.59. The molecule has 6 N–H and O–H groups in total. The van der Waals surface area contributed by atoms with Crippen LogP contribution in [0.3, 0.4) is 0 Å². The van der Waals surface area contributed by atoms with Gasteiger partial charge in [-0.1, -0.05) is 54.6 Å². The fourth-order valence-corrected chi connectivity index (χ4v) is 5.42. The van der Waals surface area contributed by atoms with Crippen LogP contribution in [0.4, 0.5) is 0 Å². The van der Waals surface area contributed by atoms with Gasteiger partial charge in [0.25, 0.3) is 15.9 Å². The lowest BCUT2D eigenvalue weighted by molar-refractivity contribution is -0.127. The van der Waals surface area contributed by atoms with Gasteiger partial charge in [-0.3, -0.25) is 14.4 Å². The minimum atomic E-state index is -4.28. The topological polar surface area (TPSA) is 181 Å². The Kier molecular flexibility index (Phi) is 10.9. The summed E-state index contributed by atoms with van der Waals surface area (Å²) in [5, 5.41) is 16.7. The number of carbonyl (C=O) groups is 3. The van der Waals surface area contributed by atoms with Gasteiger partial charge in [0.05, 0.1) is 18.6 Å². The van der Waals surface area contributed by atoms with E-state index in [9.17, 15) is 27.9 Å². The Labute approximate surface area is 246 Å². The van der Waals surface area contributed by atoms with Gasteiger partial charge in [-0.2, -0.15) is 4.72 Å². The van der Waals surface area contributed by atoms with E-state index >= 15 is 0 Å². The smallest absolute Gasteiger partial charge is 0.258 e. The van der Waals surface area contributed by atoms with Crippen molar-refractivity contribution < 1.29 is 27.9 Å². The molecule has 42 heavy (non-hydrogen) atoms. The third kappa shape index (κ3) is 9.75. The second-order valence-electron chi connectivity index (χ2n) is 10.9. The van der Waals surface area contributed by atoms with Crippen molar-refractivity contribution in [2.24, 2.45) is 5.73 Å². The number of nitrogens with zero attached hydrogens (tertiary/aromatic N) is 1. The zero-order valence-electron chi connectivity index (χ0n) is 23.8. The molecule has 3 aromatic rings. The van der Waals surface area contributed by atoms with Crippen LogP contribution < -0.4 is 21.1 Å². The van der Waals surface area contributed by atoms with Crippen LogP contribution in [0.15, 0.2) is 84.0 Å². The lowest BCUT2D eigenvalue weighted by Crippen LogP contribution is -2.54. The van der Waals surface area contributed by atoms with Crippen molar-refractivity contribution in [2.75, 3.05) is 0 Å². The Morgan fingerprint density at radius 1 is 0.929 bits per heavy atom. The molecule has 11 nitrogen and oxygen atoms in total. The fourth-order valence-electron chi connectivity index (χ4n) is 4.27. The second-order valence-corrected chi connectivity index (χ2v) is 12.6. The maximum atomic E-state index is 13.4. The number of aromatic nitrogens is 1. The van der Waals surface area contributed by atoms with Crippen LogP contribution in [-0.2, 0) is 32.5 Å². The zero-order valence-corrected chi connectivity index (χ0v) is 24.6. The molecule has 0 aliphatic rings. The molecule has 12 heteroatoms. The number of hydrogen-bond acceptors (Lipinski definition) is 7. The minimum absolute atomic E-state index is 0.00562. The van der Waals surface area contributed by atoms with Gasteiger partial charge in [0.2, 0.25) is 11.8 Å². The number of hydrogen-bond donors (Lipinski definition) is 5. The molecule has 0 aliphatic heterocycles. The predicted octanol–water partition coefficient (Wildman–Crippen LogP) is 1.46. The first-order valence-corrected chi connectivity index (χ1v) is 14.9. The Morgan fingerprint density at radius 2 is 1.57 bits per heavy atom. The molecule has 224 valence electrons. The van der Waals surface area contributed by atoms with E-state index < -0.39 is 52.0 Å². The number of nitrogens with one attached hydrogen (secondary N) is 3. The van der Waals surface area contributed by atoms with Gasteiger partial charge in [-0.25, -0.2) is 13.4 Å². The number of nitrogens with two attached hydrogens (primary N) is 1. The van der Waals surface area contributed by atoms with E-state index in [4.69, 9.17) is 5.73 Å². The molecule has 0 saturated carbocycles. The highest BCUT2D eigenvalue weighted by Crippen LogP contribution is 2.17. The summed E-state index contributed by atoms with van der Waals surface area (Å²) < 4.78 is 28.0. The Morgan fingerprint density at radius 3 is 2.19 bits per heavy atom. The second kappa shape index (κ2) is 14.2. The number of primary amides is 1. The van der Waals surface area contributed by atoms with Crippen molar-refractivity contribution in [1.82, 2.24) is 20.3 Å². The van der Waals surface area contributed by atoms with Crippen molar-refractivity contribution in [2.45, 2.75) is 68.8 Å². The molecule has 1 heterocycles. The van der Waals surface area contributed by atoms with Gasteiger partial charge in [-0.05, 0) is 56.5 Å². The van der Waals surface area contributed by atoms with Crippen LogP contribution in [0.25, 0.3) is 0 Å². The number of aliphatic hydroxyl groups is 1. The molecular formula is C30H37N5O6S. The zero-order chi connectivity index (χ0) is 30.9. The molecule has 0 radical (unpaired) electrons. The normalized spacial score (nSPS) is 13.9. The van der Waals surface area contributed by atoms with Crippen LogP contribution in [0.2, 0.25) is 0 Å². The molecule has 3 rings (SSSR count). The van der Waals surface area contributed by atoms with Crippen LogP contribution in [-0.4, -0.2) is 60.0 Å². The molecule has 0 bridgehead atoms. The minimum Gasteiger partial charge on any atom is -0.391 e. The van der Waals surface area contributed by atoms with Gasteiger partial charge in [0.15, 0.2) is 5.03 Å². The van der Waals surface area contributed by atoms with Crippen LogP contribution in [0.1, 0.15) is 48.7 Å². The molecule has 2 aromatic carbocycles. The predicted molar refractivity (Wildman–Crippen MR) is 158 cm³/mol. The van der Waals surface area contributed by atoms with E-state index in [1.165, 1.54) is 24.4 Å². The maximum absolute atomic E-state index is 13.4. The monoisotopic (exact) mass is 595 g/mol. The van der Waals surface area contributed by atoms with Gasteiger partial charge >= 0.3 is 0 Å². The van der Waals surface area contributed by atoms with Crippen LogP contribution in [0.5, 0.6) is 0 Å². The molecule has 0 spiro atoms. The third-order valence-electron chi connectivity index (χ3n) is 6.20. The van der Waals surface area contributed by atoms with E-state index in [0.29, 0.717) is 11.1 Å². The first-order chi connectivity index (χ1) is 19.7. The third-order valence-corrected chi connectivity index (χ3v) is 7.59. The average Bonchev–Trinajstić information content (AvgIpc) is 2.92. The van der Waals surface area contributed by atoms with Crippen molar-refractivity contribution in [3.63, 3.8) is 0 Å². The number of rotatable bonds is 13. The van der Waals surface area contributed by atoms with Crippen LogP contribution >= 0.6 is 0 Å². The van der Waals surface area contributed by atoms with Gasteiger partial charge in [0.1, 0.15) is 6.04 Å². The van der Waals surface area contributed by atoms with E-state index in [0.717, 1.165) is 5.56 Å². The summed E-state index contributed by atoms with van der Waals surface area (Å²) in [5.74, 6) is -2.07. The summed E-state index contributed by atoms with van der Waals surface area (Å²) in [6.07, 6.45) is -0.350. The van der Waals surface area contributed by atoms with E-state index in [-0.39, 0.29) is 23.8 Å². The van der Waals surface area contributed by atoms with Crippen molar-refractivity contribution in [3.8, 4) is 0 Å². The lowest BCUT2D eigenvalue weighted by Gasteiger charge is -2.28. The maximum Gasteiger partial charge on any atom is 0.258 e. The lowest BCUT2D eigenvalue weighted by atomic mass is 9.93. The average molecular weight is 596 g/mol. The quantitative estimate of drug-likeness (QED) is 0.198. The number of sulfonamides is 1. The number of pyridine rings is 1. The highest BCUT2D eigenvalue weighted by atomic mass is 32.2. The number of benzene rings is 2. The molecule has 0 aliphatic carbocycles. The first-order valence-electron chi connectivity index (χ1n) is 13.4. The SMILES string of the molecule is CC(C)(C)NC(=O)c1ccccc1C[C@@H](O)[C@H](Cc1ccccc1)NC(=O)[C@H](CC(N)=O)NS(=O)(=O)c1ccccn1. The van der Waals surface area contributed by atoms with Crippen molar-refractivity contribution in [1.29, 1.82) is 0 Å².